The molecule has 1 aromatic carbocycles. The molecule has 0 aliphatic rings. The van der Waals surface area contributed by atoms with E-state index in [-0.39, 0.29) is 0 Å². The van der Waals surface area contributed by atoms with Crippen molar-refractivity contribution >= 4 is 39.1 Å². The topological polar surface area (TPSA) is 25.8 Å². The van der Waals surface area contributed by atoms with E-state index in [0.717, 1.165) is 15.6 Å². The van der Waals surface area contributed by atoms with Crippen molar-refractivity contribution in [2.24, 2.45) is 0 Å². The molecule has 5 heteroatoms. The summed E-state index contributed by atoms with van der Waals surface area (Å²) in [7, 11) is 0. The van der Waals surface area contributed by atoms with E-state index in [1.165, 1.54) is 6.07 Å². The first-order valence-corrected chi connectivity index (χ1v) is 6.08. The minimum absolute atomic E-state index is 0.336. The van der Waals surface area contributed by atoms with Gasteiger partial charge in [0.15, 0.2) is 5.82 Å². The standard InChI is InChI=1S/C11H7BrCl2N2/c1-6-2-3-7(8(12)4-6)11-15-9(13)5-10(14)16-11/h2-5H,1H3. The Morgan fingerprint density at radius 1 is 1.06 bits per heavy atom. The predicted molar refractivity (Wildman–Crippen MR) is 69.9 cm³/mol. The van der Waals surface area contributed by atoms with Crippen LogP contribution in [0.4, 0.5) is 0 Å². The Morgan fingerprint density at radius 3 is 2.25 bits per heavy atom. The van der Waals surface area contributed by atoms with Gasteiger partial charge in [-0.3, -0.25) is 0 Å². The van der Waals surface area contributed by atoms with Crippen molar-refractivity contribution in [3.05, 3.63) is 44.6 Å². The number of nitrogens with zero attached hydrogens (tertiary/aromatic N) is 2. The smallest absolute Gasteiger partial charge is 0.163 e. The second kappa shape index (κ2) is 4.70. The summed E-state index contributed by atoms with van der Waals surface area (Å²) in [6.45, 7) is 2.01. The van der Waals surface area contributed by atoms with Crippen LogP contribution in [0, 0.1) is 6.92 Å². The normalized spacial score (nSPS) is 10.5. The molecule has 1 aromatic heterocycles. The largest absolute Gasteiger partial charge is 0.216 e. The summed E-state index contributed by atoms with van der Waals surface area (Å²) in [5.74, 6) is 0.518. The van der Waals surface area contributed by atoms with E-state index >= 15 is 0 Å². The van der Waals surface area contributed by atoms with E-state index in [0.29, 0.717) is 16.1 Å². The fourth-order valence-electron chi connectivity index (χ4n) is 1.31. The quantitative estimate of drug-likeness (QED) is 0.723. The molecule has 82 valence electrons. The number of rotatable bonds is 1. The van der Waals surface area contributed by atoms with Crippen LogP contribution in [-0.2, 0) is 0 Å². The molecular formula is C11H7BrCl2N2. The summed E-state index contributed by atoms with van der Waals surface area (Å²) < 4.78 is 0.922. The molecule has 0 unspecified atom stereocenters. The summed E-state index contributed by atoms with van der Waals surface area (Å²) in [6, 6.07) is 7.42. The Hall–Kier alpha value is -0.640. The maximum Gasteiger partial charge on any atom is 0.163 e. The number of aryl methyl sites for hydroxylation is 1. The van der Waals surface area contributed by atoms with Gasteiger partial charge in [-0.15, -0.1) is 0 Å². The van der Waals surface area contributed by atoms with Crippen LogP contribution in [0.5, 0.6) is 0 Å². The molecule has 1 heterocycles. The lowest BCUT2D eigenvalue weighted by molar-refractivity contribution is 1.17. The van der Waals surface area contributed by atoms with Gasteiger partial charge in [-0.05, 0) is 24.6 Å². The summed E-state index contributed by atoms with van der Waals surface area (Å²) in [5, 5.41) is 0.671. The molecule has 0 bridgehead atoms. The van der Waals surface area contributed by atoms with Crippen LogP contribution in [0.3, 0.4) is 0 Å². The Labute approximate surface area is 112 Å². The number of aromatic nitrogens is 2. The third-order valence-electron chi connectivity index (χ3n) is 2.03. The Bertz CT molecular complexity index is 523. The zero-order valence-corrected chi connectivity index (χ0v) is 11.4. The minimum Gasteiger partial charge on any atom is -0.216 e. The molecule has 2 aromatic rings. The fourth-order valence-corrected chi connectivity index (χ4v) is 2.41. The summed E-state index contributed by atoms with van der Waals surface area (Å²) >= 11 is 15.1. The van der Waals surface area contributed by atoms with Crippen molar-refractivity contribution in [1.29, 1.82) is 0 Å². The van der Waals surface area contributed by atoms with Gasteiger partial charge in [0.25, 0.3) is 0 Å². The highest BCUT2D eigenvalue weighted by atomic mass is 79.9. The van der Waals surface area contributed by atoms with Gasteiger partial charge in [0.2, 0.25) is 0 Å². The maximum absolute atomic E-state index is 5.83. The van der Waals surface area contributed by atoms with Crippen LogP contribution < -0.4 is 0 Å². The molecule has 0 radical (unpaired) electrons. The van der Waals surface area contributed by atoms with Crippen LogP contribution >= 0.6 is 39.1 Å². The fraction of sp³-hybridized carbons (Fsp3) is 0.0909. The van der Waals surface area contributed by atoms with Crippen molar-refractivity contribution in [3.63, 3.8) is 0 Å². The minimum atomic E-state index is 0.336. The first-order chi connectivity index (χ1) is 7.56. The van der Waals surface area contributed by atoms with Crippen LogP contribution in [0.15, 0.2) is 28.7 Å². The maximum atomic E-state index is 5.83. The van der Waals surface area contributed by atoms with Gasteiger partial charge < -0.3 is 0 Å². The zero-order valence-electron chi connectivity index (χ0n) is 8.34. The second-order valence-corrected chi connectivity index (χ2v) is 4.95. The number of halogens is 3. The van der Waals surface area contributed by atoms with E-state index < -0.39 is 0 Å². The summed E-state index contributed by atoms with van der Waals surface area (Å²) in [6.07, 6.45) is 0. The zero-order chi connectivity index (χ0) is 11.7. The SMILES string of the molecule is Cc1ccc(-c2nc(Cl)cc(Cl)n2)c(Br)c1. The van der Waals surface area contributed by atoms with E-state index in [4.69, 9.17) is 23.2 Å². The average molecular weight is 318 g/mol. The summed E-state index contributed by atoms with van der Waals surface area (Å²) in [5.41, 5.74) is 2.03. The lowest BCUT2D eigenvalue weighted by Crippen LogP contribution is -1.91. The predicted octanol–water partition coefficient (Wildman–Crippen LogP) is 4.52. The van der Waals surface area contributed by atoms with E-state index in [9.17, 15) is 0 Å². The highest BCUT2D eigenvalue weighted by Gasteiger charge is 2.08. The van der Waals surface area contributed by atoms with Gasteiger partial charge in [-0.2, -0.15) is 0 Å². The molecule has 0 aliphatic heterocycles. The highest BCUT2D eigenvalue weighted by molar-refractivity contribution is 9.10. The molecule has 16 heavy (non-hydrogen) atoms. The number of hydrogen-bond acceptors (Lipinski definition) is 2. The van der Waals surface area contributed by atoms with E-state index in [1.807, 2.05) is 25.1 Å². The molecule has 2 nitrogen and oxygen atoms in total. The monoisotopic (exact) mass is 316 g/mol. The third-order valence-corrected chi connectivity index (χ3v) is 3.07. The lowest BCUT2D eigenvalue weighted by Gasteiger charge is -2.05. The molecule has 0 aliphatic carbocycles. The van der Waals surface area contributed by atoms with Crippen molar-refractivity contribution in [2.45, 2.75) is 6.92 Å². The number of benzene rings is 1. The molecule has 0 atom stereocenters. The van der Waals surface area contributed by atoms with Crippen molar-refractivity contribution in [1.82, 2.24) is 9.97 Å². The first-order valence-electron chi connectivity index (χ1n) is 4.53. The van der Waals surface area contributed by atoms with E-state index in [2.05, 4.69) is 25.9 Å². The molecular weight excluding hydrogens is 311 g/mol. The van der Waals surface area contributed by atoms with Crippen molar-refractivity contribution in [3.8, 4) is 11.4 Å². The molecule has 0 amide bonds. The molecule has 2 rings (SSSR count). The van der Waals surface area contributed by atoms with Gasteiger partial charge in [0, 0.05) is 16.1 Å². The van der Waals surface area contributed by atoms with Crippen molar-refractivity contribution < 1.29 is 0 Å². The Balaban J connectivity index is 2.58. The van der Waals surface area contributed by atoms with Gasteiger partial charge in [-0.1, -0.05) is 45.2 Å². The van der Waals surface area contributed by atoms with Crippen LogP contribution in [0.25, 0.3) is 11.4 Å². The van der Waals surface area contributed by atoms with Crippen LogP contribution in [-0.4, -0.2) is 9.97 Å². The molecule has 0 N–H and O–H groups in total. The van der Waals surface area contributed by atoms with Crippen molar-refractivity contribution in [2.75, 3.05) is 0 Å². The van der Waals surface area contributed by atoms with Gasteiger partial charge >= 0.3 is 0 Å². The van der Waals surface area contributed by atoms with Gasteiger partial charge in [0.05, 0.1) is 0 Å². The number of hydrogen-bond donors (Lipinski definition) is 0. The summed E-state index contributed by atoms with van der Waals surface area (Å²) in [4.78, 5) is 8.27. The third kappa shape index (κ3) is 2.54. The lowest BCUT2D eigenvalue weighted by atomic mass is 10.1. The second-order valence-electron chi connectivity index (χ2n) is 3.32. The van der Waals surface area contributed by atoms with E-state index in [1.54, 1.807) is 0 Å². The molecule has 0 saturated carbocycles. The molecule has 0 spiro atoms. The molecule has 0 fully saturated rings. The van der Waals surface area contributed by atoms with Crippen LogP contribution in [0.1, 0.15) is 5.56 Å². The van der Waals surface area contributed by atoms with Gasteiger partial charge in [-0.25, -0.2) is 9.97 Å². The Morgan fingerprint density at radius 2 is 1.69 bits per heavy atom. The molecule has 0 saturated heterocycles. The van der Waals surface area contributed by atoms with Gasteiger partial charge in [0.1, 0.15) is 10.3 Å². The highest BCUT2D eigenvalue weighted by Crippen LogP contribution is 2.28. The average Bonchev–Trinajstić information content (AvgIpc) is 2.15. The first kappa shape index (κ1) is 11.8. The van der Waals surface area contributed by atoms with Crippen LogP contribution in [0.2, 0.25) is 10.3 Å². The Kier molecular flexibility index (Phi) is 3.47.